The molecule has 0 N–H and O–H groups in total. The van der Waals surface area contributed by atoms with Gasteiger partial charge in [0.25, 0.3) is 0 Å². The van der Waals surface area contributed by atoms with E-state index in [9.17, 15) is 0 Å². The molecule has 5 aromatic rings. The van der Waals surface area contributed by atoms with Gasteiger partial charge in [-0.25, -0.2) is 0 Å². The Bertz CT molecular complexity index is 1210. The maximum absolute atomic E-state index is 6.02. The first-order chi connectivity index (χ1) is 12.8. The molecule has 4 aromatic carbocycles. The number of furan rings is 1. The summed E-state index contributed by atoms with van der Waals surface area (Å²) in [4.78, 5) is 0. The molecule has 1 nitrogen and oxygen atoms in total. The zero-order valence-electron chi connectivity index (χ0n) is 14.6. The summed E-state index contributed by atoms with van der Waals surface area (Å²) in [7, 11) is 0. The van der Waals surface area contributed by atoms with Crippen LogP contribution in [0.1, 0.15) is 5.56 Å². The first-order valence-electron chi connectivity index (χ1n) is 8.87. The summed E-state index contributed by atoms with van der Waals surface area (Å²) in [6.45, 7) is 2.11. The first kappa shape index (κ1) is 15.0. The topological polar surface area (TPSA) is 13.1 Å². The lowest BCUT2D eigenvalue weighted by Crippen LogP contribution is -1.81. The largest absolute Gasteiger partial charge is 0.456 e. The molecule has 0 amide bonds. The van der Waals surface area contributed by atoms with Crippen molar-refractivity contribution in [3.63, 3.8) is 0 Å². The number of aryl methyl sites for hydroxylation is 1. The van der Waals surface area contributed by atoms with Gasteiger partial charge in [-0.3, -0.25) is 0 Å². The van der Waals surface area contributed by atoms with Gasteiger partial charge in [0.2, 0.25) is 0 Å². The minimum absolute atomic E-state index is 0.936. The monoisotopic (exact) mass is 334 g/mol. The van der Waals surface area contributed by atoms with Crippen molar-refractivity contribution >= 4 is 21.9 Å². The summed E-state index contributed by atoms with van der Waals surface area (Å²) >= 11 is 0. The second-order valence-corrected chi connectivity index (χ2v) is 6.75. The van der Waals surface area contributed by atoms with E-state index >= 15 is 0 Å². The van der Waals surface area contributed by atoms with Crippen molar-refractivity contribution in [2.24, 2.45) is 0 Å². The molecule has 1 heterocycles. The van der Waals surface area contributed by atoms with Gasteiger partial charge >= 0.3 is 0 Å². The molecule has 0 fully saturated rings. The maximum Gasteiger partial charge on any atom is 0.136 e. The predicted molar refractivity (Wildman–Crippen MR) is 109 cm³/mol. The first-order valence-corrected chi connectivity index (χ1v) is 8.87. The predicted octanol–water partition coefficient (Wildman–Crippen LogP) is 7.23. The van der Waals surface area contributed by atoms with E-state index < -0.39 is 0 Å². The molecule has 0 saturated carbocycles. The molecular formula is C25H18O. The van der Waals surface area contributed by atoms with Gasteiger partial charge in [0.05, 0.1) is 0 Å². The van der Waals surface area contributed by atoms with E-state index in [1.165, 1.54) is 38.6 Å². The molecule has 1 heteroatoms. The van der Waals surface area contributed by atoms with Crippen LogP contribution in [-0.4, -0.2) is 0 Å². The number of rotatable bonds is 2. The van der Waals surface area contributed by atoms with Crippen LogP contribution in [0, 0.1) is 6.92 Å². The molecule has 0 bridgehead atoms. The normalized spacial score (nSPS) is 11.3. The third-order valence-corrected chi connectivity index (χ3v) is 4.98. The average Bonchev–Trinajstić information content (AvgIpc) is 3.06. The molecule has 1 aromatic heterocycles. The van der Waals surface area contributed by atoms with E-state index in [1.807, 2.05) is 12.1 Å². The van der Waals surface area contributed by atoms with Crippen molar-refractivity contribution in [3.8, 4) is 22.3 Å². The number of fused-ring (bicyclic) bond motifs is 3. The SMILES string of the molecule is Cc1ccc(-c2ccc(-c3ccc4c(c3)oc3ccccc34)cc2)cc1. The Hall–Kier alpha value is -3.32. The van der Waals surface area contributed by atoms with Crippen LogP contribution in [-0.2, 0) is 0 Å². The third-order valence-electron chi connectivity index (χ3n) is 4.98. The van der Waals surface area contributed by atoms with Gasteiger partial charge in [0.1, 0.15) is 11.2 Å². The van der Waals surface area contributed by atoms with Crippen molar-refractivity contribution in [2.45, 2.75) is 6.92 Å². The Morgan fingerprint density at radius 3 is 1.77 bits per heavy atom. The van der Waals surface area contributed by atoms with E-state index in [1.54, 1.807) is 0 Å². The Labute approximate surface area is 152 Å². The maximum atomic E-state index is 6.02. The van der Waals surface area contributed by atoms with Crippen molar-refractivity contribution < 1.29 is 4.42 Å². The second-order valence-electron chi connectivity index (χ2n) is 6.75. The van der Waals surface area contributed by atoms with Gasteiger partial charge in [0.15, 0.2) is 0 Å². The summed E-state index contributed by atoms with van der Waals surface area (Å²) in [5.41, 5.74) is 8.01. The van der Waals surface area contributed by atoms with Crippen LogP contribution in [0.25, 0.3) is 44.2 Å². The second kappa shape index (κ2) is 5.89. The molecule has 0 spiro atoms. The quantitative estimate of drug-likeness (QED) is 0.332. The molecule has 0 radical (unpaired) electrons. The fourth-order valence-electron chi connectivity index (χ4n) is 3.51. The minimum Gasteiger partial charge on any atom is -0.456 e. The molecule has 0 atom stereocenters. The highest BCUT2D eigenvalue weighted by Crippen LogP contribution is 2.32. The summed E-state index contributed by atoms with van der Waals surface area (Å²) in [6.07, 6.45) is 0. The number of benzene rings is 4. The Balaban J connectivity index is 1.54. The minimum atomic E-state index is 0.936. The van der Waals surface area contributed by atoms with Crippen LogP contribution in [0.2, 0.25) is 0 Å². The van der Waals surface area contributed by atoms with Crippen LogP contribution in [0.3, 0.4) is 0 Å². The molecule has 0 aliphatic carbocycles. The van der Waals surface area contributed by atoms with Crippen LogP contribution in [0.15, 0.2) is 95.4 Å². The summed E-state index contributed by atoms with van der Waals surface area (Å²) < 4.78 is 6.02. The molecular weight excluding hydrogens is 316 g/mol. The molecule has 0 aliphatic heterocycles. The van der Waals surface area contributed by atoms with Crippen LogP contribution in [0.5, 0.6) is 0 Å². The number of hydrogen-bond acceptors (Lipinski definition) is 1. The number of para-hydroxylation sites is 1. The summed E-state index contributed by atoms with van der Waals surface area (Å²) in [5, 5.41) is 2.34. The smallest absolute Gasteiger partial charge is 0.136 e. The van der Waals surface area contributed by atoms with E-state index in [0.29, 0.717) is 0 Å². The lowest BCUT2D eigenvalue weighted by atomic mass is 9.99. The highest BCUT2D eigenvalue weighted by molar-refractivity contribution is 6.05. The lowest BCUT2D eigenvalue weighted by molar-refractivity contribution is 0.669. The molecule has 0 unspecified atom stereocenters. The van der Waals surface area contributed by atoms with Gasteiger partial charge in [-0.1, -0.05) is 78.4 Å². The van der Waals surface area contributed by atoms with Crippen molar-refractivity contribution in [3.05, 3.63) is 96.6 Å². The summed E-state index contributed by atoms with van der Waals surface area (Å²) in [6, 6.07) is 32.0. The number of hydrogen-bond donors (Lipinski definition) is 0. The molecule has 0 saturated heterocycles. The van der Waals surface area contributed by atoms with Crippen molar-refractivity contribution in [2.75, 3.05) is 0 Å². The average molecular weight is 334 g/mol. The van der Waals surface area contributed by atoms with Crippen molar-refractivity contribution in [1.29, 1.82) is 0 Å². The van der Waals surface area contributed by atoms with Gasteiger partial charge < -0.3 is 4.42 Å². The molecule has 5 rings (SSSR count). The molecule has 0 aliphatic rings. The Morgan fingerprint density at radius 1 is 0.500 bits per heavy atom. The highest BCUT2D eigenvalue weighted by atomic mass is 16.3. The standard InChI is InChI=1S/C25H18O/c1-17-6-8-18(9-7-17)19-10-12-20(13-11-19)21-14-15-23-22-4-2-3-5-24(22)26-25(23)16-21/h2-16H,1H3. The van der Waals surface area contributed by atoms with E-state index in [4.69, 9.17) is 4.42 Å². The zero-order valence-corrected chi connectivity index (χ0v) is 14.6. The van der Waals surface area contributed by atoms with E-state index in [2.05, 4.69) is 85.8 Å². The lowest BCUT2D eigenvalue weighted by Gasteiger charge is -2.06. The van der Waals surface area contributed by atoms with Crippen molar-refractivity contribution in [1.82, 2.24) is 0 Å². The Morgan fingerprint density at radius 2 is 1.04 bits per heavy atom. The van der Waals surface area contributed by atoms with E-state index in [0.717, 1.165) is 11.2 Å². The van der Waals surface area contributed by atoms with Gasteiger partial charge in [0, 0.05) is 10.8 Å². The van der Waals surface area contributed by atoms with Gasteiger partial charge in [-0.05, 0) is 47.4 Å². The fraction of sp³-hybridized carbons (Fsp3) is 0.0400. The van der Waals surface area contributed by atoms with E-state index in [-0.39, 0.29) is 0 Å². The van der Waals surface area contributed by atoms with Gasteiger partial charge in [-0.2, -0.15) is 0 Å². The van der Waals surface area contributed by atoms with Crippen LogP contribution < -0.4 is 0 Å². The van der Waals surface area contributed by atoms with Crippen LogP contribution in [0.4, 0.5) is 0 Å². The fourth-order valence-corrected chi connectivity index (χ4v) is 3.51. The van der Waals surface area contributed by atoms with Crippen LogP contribution >= 0.6 is 0 Å². The summed E-state index contributed by atoms with van der Waals surface area (Å²) in [5.74, 6) is 0. The molecule has 124 valence electrons. The third kappa shape index (κ3) is 2.49. The Kier molecular flexibility index (Phi) is 3.39. The van der Waals surface area contributed by atoms with Gasteiger partial charge in [-0.15, -0.1) is 0 Å². The molecule has 26 heavy (non-hydrogen) atoms. The highest BCUT2D eigenvalue weighted by Gasteiger charge is 2.08. The zero-order chi connectivity index (χ0) is 17.5.